The minimum atomic E-state index is -1.86. The molecule has 9 atom stereocenters. The van der Waals surface area contributed by atoms with Crippen LogP contribution in [-0.2, 0) is 38.1 Å². The first-order chi connectivity index (χ1) is 26.7. The Bertz CT molecular complexity index is 1840. The summed E-state index contributed by atoms with van der Waals surface area (Å²) in [6.45, 7) is 14.6. The van der Waals surface area contributed by atoms with Crippen molar-refractivity contribution in [1.29, 1.82) is 0 Å². The third kappa shape index (κ3) is 10.9. The van der Waals surface area contributed by atoms with Gasteiger partial charge in [-0.1, -0.05) is 75.8 Å². The molecule has 0 aliphatic carbocycles. The van der Waals surface area contributed by atoms with E-state index in [9.17, 15) is 29.1 Å². The van der Waals surface area contributed by atoms with Crippen LogP contribution in [0.2, 0.25) is 0 Å². The van der Waals surface area contributed by atoms with E-state index in [1.807, 2.05) is 69.3 Å². The van der Waals surface area contributed by atoms with Crippen LogP contribution in [-0.4, -0.2) is 107 Å². The molecule has 15 heteroatoms. The van der Waals surface area contributed by atoms with Gasteiger partial charge in [0, 0.05) is 26.5 Å². The first kappa shape index (κ1) is 45.3. The highest BCUT2D eigenvalue weighted by Crippen LogP contribution is 2.42. The van der Waals surface area contributed by atoms with Crippen LogP contribution >= 0.6 is 11.3 Å². The number of hydrogen-bond acceptors (Lipinski definition) is 12. The lowest BCUT2D eigenvalue weighted by Crippen LogP contribution is -2.62. The number of aryl methyl sites for hydroxylation is 2. The van der Waals surface area contributed by atoms with Crippen LogP contribution in [0.1, 0.15) is 93.3 Å². The molecule has 312 valence electrons. The molecule has 2 aliphatic heterocycles. The highest BCUT2D eigenvalue weighted by molar-refractivity contribution is 7.13. The van der Waals surface area contributed by atoms with Crippen LogP contribution < -0.4 is 10.6 Å². The molecule has 1 aromatic carbocycles. The Labute approximate surface area is 339 Å². The van der Waals surface area contributed by atoms with Crippen molar-refractivity contribution in [2.24, 2.45) is 11.8 Å². The Morgan fingerprint density at radius 3 is 2.37 bits per heavy atom. The Balaban J connectivity index is 1.79. The molecule has 0 bridgehead atoms. The fourth-order valence-corrected chi connectivity index (χ4v) is 7.77. The standard InChI is InChI=1S/C42H58N4O10S/c1-12-23(2)32-37(48)44-29(22-54-38(49)34-26(5)43-27(6)57-34)36(47)45-35(41(7,8)52)39(50)55-33(28-19-14-13-15-20-28)25(4)18-16-17-24(3)30(53-11)21-31-42(9,56-31)40(51)46(32)10/h13-20,23,25,29-33,35,52H,12,21-22H2,1-11H3,(H,44,48)(H,45,47)/b18-16+,24-17+/t23-,25+,29+,30+,31-,32-,33-,35+,42+/m0/s1. The number of rotatable bonds is 8. The smallest absolute Gasteiger partial charge is 0.350 e. The molecule has 2 aliphatic rings. The van der Waals surface area contributed by atoms with Crippen LogP contribution in [0.3, 0.4) is 0 Å². The zero-order valence-corrected chi connectivity index (χ0v) is 35.6. The maximum absolute atomic E-state index is 14.3. The molecule has 57 heavy (non-hydrogen) atoms. The maximum Gasteiger partial charge on any atom is 0.350 e. The molecule has 3 N–H and O–H groups in total. The van der Waals surface area contributed by atoms with E-state index < -0.39 is 89.8 Å². The molecule has 1 saturated heterocycles. The zero-order valence-electron chi connectivity index (χ0n) is 34.8. The molecule has 3 amide bonds. The lowest BCUT2D eigenvalue weighted by Gasteiger charge is -2.34. The molecule has 3 heterocycles. The minimum absolute atomic E-state index is 0.228. The van der Waals surface area contributed by atoms with Crippen molar-refractivity contribution in [3.05, 3.63) is 75.3 Å². The van der Waals surface area contributed by atoms with Crippen LogP contribution in [0.25, 0.3) is 0 Å². The fourth-order valence-electron chi connectivity index (χ4n) is 6.96. The Hall–Kier alpha value is -4.44. The van der Waals surface area contributed by atoms with Gasteiger partial charge in [-0.05, 0) is 58.6 Å². The van der Waals surface area contributed by atoms with Crippen molar-refractivity contribution < 1.29 is 48.0 Å². The highest BCUT2D eigenvalue weighted by atomic mass is 32.1. The van der Waals surface area contributed by atoms with Gasteiger partial charge in [0.15, 0.2) is 11.6 Å². The number of amides is 3. The fraction of sp³-hybridized carbons (Fsp3) is 0.571. The van der Waals surface area contributed by atoms with Crippen LogP contribution in [0.4, 0.5) is 0 Å². The van der Waals surface area contributed by atoms with Gasteiger partial charge >= 0.3 is 11.9 Å². The predicted molar refractivity (Wildman–Crippen MR) is 214 cm³/mol. The molecule has 0 unspecified atom stereocenters. The largest absolute Gasteiger partial charge is 0.459 e. The van der Waals surface area contributed by atoms with Gasteiger partial charge in [-0.2, -0.15) is 0 Å². The summed E-state index contributed by atoms with van der Waals surface area (Å²) >= 11 is 1.12. The van der Waals surface area contributed by atoms with E-state index in [4.69, 9.17) is 18.9 Å². The van der Waals surface area contributed by atoms with E-state index in [2.05, 4.69) is 15.6 Å². The van der Waals surface area contributed by atoms with Gasteiger partial charge in [0.1, 0.15) is 29.7 Å². The number of nitrogens with zero attached hydrogens (tertiary/aromatic N) is 2. The monoisotopic (exact) mass is 810 g/mol. The van der Waals surface area contributed by atoms with E-state index >= 15 is 0 Å². The molecule has 2 aromatic rings. The number of benzene rings is 1. The first-order valence-corrected chi connectivity index (χ1v) is 20.1. The molecule has 14 nitrogen and oxygen atoms in total. The molecular formula is C42H58N4O10S. The van der Waals surface area contributed by atoms with Crippen molar-refractivity contribution in [3.8, 4) is 0 Å². The number of thiazole rings is 1. The summed E-state index contributed by atoms with van der Waals surface area (Å²) in [5.41, 5.74) is -1.11. The van der Waals surface area contributed by atoms with Crippen molar-refractivity contribution in [2.75, 3.05) is 20.8 Å². The van der Waals surface area contributed by atoms with E-state index in [0.29, 0.717) is 29.1 Å². The van der Waals surface area contributed by atoms with Crippen molar-refractivity contribution >= 4 is 41.0 Å². The number of ether oxygens (including phenoxy) is 4. The van der Waals surface area contributed by atoms with Crippen LogP contribution in [0.15, 0.2) is 54.1 Å². The van der Waals surface area contributed by atoms with Gasteiger partial charge in [-0.15, -0.1) is 11.3 Å². The van der Waals surface area contributed by atoms with E-state index in [0.717, 1.165) is 16.9 Å². The maximum atomic E-state index is 14.3. The second-order valence-electron chi connectivity index (χ2n) is 15.7. The number of cyclic esters (lactones) is 1. The first-order valence-electron chi connectivity index (χ1n) is 19.3. The summed E-state index contributed by atoms with van der Waals surface area (Å²) in [6, 6.07) is 4.81. The van der Waals surface area contributed by atoms with Gasteiger partial charge < -0.3 is 39.6 Å². The Morgan fingerprint density at radius 2 is 1.79 bits per heavy atom. The summed E-state index contributed by atoms with van der Waals surface area (Å²) in [4.78, 5) is 75.8. The van der Waals surface area contributed by atoms with E-state index in [1.165, 1.54) is 25.8 Å². The summed E-state index contributed by atoms with van der Waals surface area (Å²) in [5, 5.41) is 17.2. The van der Waals surface area contributed by atoms with Crippen molar-refractivity contribution in [3.63, 3.8) is 0 Å². The number of methoxy groups -OCH3 is 1. The van der Waals surface area contributed by atoms with E-state index in [1.54, 1.807) is 34.8 Å². The summed E-state index contributed by atoms with van der Waals surface area (Å²) in [6.07, 6.45) is 4.73. The number of carbonyl (C=O) groups is 5. The second-order valence-corrected chi connectivity index (χ2v) is 16.9. The number of carbonyl (C=O) groups excluding carboxylic acids is 5. The number of aromatic nitrogens is 1. The van der Waals surface area contributed by atoms with Crippen molar-refractivity contribution in [2.45, 2.75) is 123 Å². The molecular weight excluding hydrogens is 753 g/mol. The number of esters is 2. The number of epoxide rings is 1. The summed E-state index contributed by atoms with van der Waals surface area (Å²) in [7, 11) is 3.09. The third-order valence-corrected chi connectivity index (χ3v) is 11.8. The average Bonchev–Trinajstić information content (AvgIpc) is 3.70. The number of hydrogen-bond donors (Lipinski definition) is 3. The number of nitrogens with one attached hydrogen (secondary N) is 2. The summed E-state index contributed by atoms with van der Waals surface area (Å²) in [5.74, 6) is -4.54. The zero-order chi connectivity index (χ0) is 42.4. The van der Waals surface area contributed by atoms with E-state index in [-0.39, 0.29) is 10.8 Å². The van der Waals surface area contributed by atoms with Crippen LogP contribution in [0, 0.1) is 25.7 Å². The van der Waals surface area contributed by atoms with Gasteiger partial charge in [-0.3, -0.25) is 14.4 Å². The number of likely N-dealkylation sites (N-methyl/N-ethyl adjacent to an activating group) is 1. The molecule has 1 fully saturated rings. The Morgan fingerprint density at radius 1 is 1.12 bits per heavy atom. The molecule has 0 spiro atoms. The number of fused-ring (bicyclic) bond motifs is 1. The topological polar surface area (TPSA) is 186 Å². The predicted octanol–water partition coefficient (Wildman–Crippen LogP) is 4.53. The molecule has 4 rings (SSSR count). The van der Waals surface area contributed by atoms with Gasteiger partial charge in [0.25, 0.3) is 5.91 Å². The normalized spacial score (nSPS) is 30.4. The van der Waals surface area contributed by atoms with Crippen LogP contribution in [0.5, 0.6) is 0 Å². The molecule has 0 radical (unpaired) electrons. The SMILES string of the molecule is CC[C@H](C)[C@H]1C(=O)N[C@H](COC(=O)c2sc(C)nc2C)C(=O)N[C@@H](C(C)(C)O)C(=O)O[C@H](c2ccccc2)[C@H](C)/C=C/C=C(\C)[C@H](OC)C[C@@H]2O[C@@]2(C)C(=O)N1C. The quantitative estimate of drug-likeness (QED) is 0.251. The number of aliphatic hydroxyl groups is 1. The Kier molecular flexibility index (Phi) is 15.0. The summed E-state index contributed by atoms with van der Waals surface area (Å²) < 4.78 is 23.5. The average molecular weight is 811 g/mol. The highest BCUT2D eigenvalue weighted by Gasteiger charge is 2.61. The number of allylic oxidation sites excluding steroid dienone is 2. The minimum Gasteiger partial charge on any atom is -0.459 e. The van der Waals surface area contributed by atoms with Crippen molar-refractivity contribution in [1.82, 2.24) is 20.5 Å². The lowest BCUT2D eigenvalue weighted by atomic mass is 9.93. The third-order valence-electron chi connectivity index (χ3n) is 10.7. The second kappa shape index (κ2) is 18.9. The lowest BCUT2D eigenvalue weighted by molar-refractivity contribution is -0.162. The van der Waals surface area contributed by atoms with Gasteiger partial charge in [0.2, 0.25) is 11.8 Å². The molecule has 0 saturated carbocycles. The molecule has 1 aromatic heterocycles. The van der Waals surface area contributed by atoms with Gasteiger partial charge in [-0.25, -0.2) is 14.6 Å². The van der Waals surface area contributed by atoms with Gasteiger partial charge in [0.05, 0.1) is 28.5 Å².